The number of aromatic hydroxyl groups is 1. The second kappa shape index (κ2) is 19.7. The SMILES string of the molecule is CCC[C@H](NC(=O)[C@@H](NC(=O)c1cccc(O)c1)[C@@H](C)CC)C(=O)N[C@@H](CC(C)C)[C@@H](O)CC(=O)N[C@H](C(=O)NCC)C(C)C. The van der Waals surface area contributed by atoms with Crippen molar-refractivity contribution in [3.05, 3.63) is 29.8 Å². The zero-order chi connectivity index (χ0) is 34.3. The highest BCUT2D eigenvalue weighted by molar-refractivity contribution is 5.98. The number of aliphatic hydroxyl groups excluding tert-OH is 1. The molecule has 0 aliphatic carbocycles. The number of hydrogen-bond acceptors (Lipinski definition) is 7. The van der Waals surface area contributed by atoms with Crippen molar-refractivity contribution in [2.45, 2.75) is 118 Å². The Balaban J connectivity index is 3.06. The number of aliphatic hydroxyl groups is 1. The minimum atomic E-state index is -1.24. The van der Waals surface area contributed by atoms with Crippen LogP contribution in [0, 0.1) is 17.8 Å². The summed E-state index contributed by atoms with van der Waals surface area (Å²) in [4.78, 5) is 65.1. The van der Waals surface area contributed by atoms with E-state index in [2.05, 4.69) is 26.6 Å². The van der Waals surface area contributed by atoms with Crippen molar-refractivity contribution in [3.8, 4) is 5.75 Å². The van der Waals surface area contributed by atoms with Crippen molar-refractivity contribution in [3.63, 3.8) is 0 Å². The van der Waals surface area contributed by atoms with E-state index in [9.17, 15) is 34.2 Å². The van der Waals surface area contributed by atoms with Gasteiger partial charge in [-0.25, -0.2) is 0 Å². The molecule has 5 amide bonds. The zero-order valence-electron chi connectivity index (χ0n) is 28.1. The number of phenols is 1. The van der Waals surface area contributed by atoms with Crippen molar-refractivity contribution in [1.82, 2.24) is 26.6 Å². The van der Waals surface area contributed by atoms with Crippen molar-refractivity contribution >= 4 is 29.5 Å². The van der Waals surface area contributed by atoms with E-state index in [-0.39, 0.29) is 41.4 Å². The average Bonchev–Trinajstić information content (AvgIpc) is 2.97. The molecule has 0 aliphatic rings. The van der Waals surface area contributed by atoms with Crippen LogP contribution in [0.1, 0.15) is 97.9 Å². The van der Waals surface area contributed by atoms with Crippen LogP contribution in [0.2, 0.25) is 0 Å². The Bertz CT molecular complexity index is 1130. The molecule has 0 bridgehead atoms. The number of benzene rings is 1. The van der Waals surface area contributed by atoms with E-state index in [1.807, 2.05) is 48.5 Å². The van der Waals surface area contributed by atoms with Crippen LogP contribution >= 0.6 is 0 Å². The Morgan fingerprint density at radius 2 is 1.49 bits per heavy atom. The van der Waals surface area contributed by atoms with Crippen LogP contribution in [0.5, 0.6) is 5.75 Å². The van der Waals surface area contributed by atoms with Crippen molar-refractivity contribution in [1.29, 1.82) is 0 Å². The van der Waals surface area contributed by atoms with E-state index in [4.69, 9.17) is 0 Å². The molecule has 254 valence electrons. The van der Waals surface area contributed by atoms with Gasteiger partial charge in [0.2, 0.25) is 23.6 Å². The van der Waals surface area contributed by atoms with Crippen molar-refractivity contribution in [2.75, 3.05) is 6.54 Å². The molecule has 7 N–H and O–H groups in total. The smallest absolute Gasteiger partial charge is 0.252 e. The van der Waals surface area contributed by atoms with Gasteiger partial charge in [0.05, 0.1) is 18.6 Å². The van der Waals surface area contributed by atoms with Gasteiger partial charge in [0.15, 0.2) is 0 Å². The molecule has 0 heterocycles. The summed E-state index contributed by atoms with van der Waals surface area (Å²) in [5.74, 6) is -2.87. The molecule has 1 rings (SSSR count). The standard InChI is InChI=1S/C33H55N5O7/c1-9-13-24(35-33(45)29(21(8)10-2)38-30(42)22-14-12-15-23(39)17-22)31(43)36-25(16-19(4)5)26(40)18-27(41)37-28(20(6)7)32(44)34-11-3/h12,14-15,17,19-21,24-26,28-29,39-40H,9-11,13,16,18H2,1-8H3,(H,34,44)(H,35,45)(H,36,43)(H,37,41)(H,38,42)/t21-,24-,25-,26-,28-,29-/m0/s1. The van der Waals surface area contributed by atoms with Crippen LogP contribution < -0.4 is 26.6 Å². The number of likely N-dealkylation sites (N-methyl/N-ethyl adjacent to an activating group) is 1. The summed E-state index contributed by atoms with van der Waals surface area (Å²) in [6, 6.07) is 2.34. The summed E-state index contributed by atoms with van der Waals surface area (Å²) in [6.07, 6.45) is 0.239. The molecule has 1 aromatic carbocycles. The maximum Gasteiger partial charge on any atom is 0.252 e. The molecular formula is C33H55N5O7. The average molecular weight is 634 g/mol. The molecule has 0 saturated heterocycles. The molecule has 1 aromatic rings. The number of nitrogens with one attached hydrogen (secondary N) is 5. The van der Waals surface area contributed by atoms with Crippen LogP contribution in [0.3, 0.4) is 0 Å². The number of rotatable bonds is 19. The highest BCUT2D eigenvalue weighted by Crippen LogP contribution is 2.16. The highest BCUT2D eigenvalue weighted by Gasteiger charge is 2.33. The summed E-state index contributed by atoms with van der Waals surface area (Å²) in [7, 11) is 0. The molecule has 45 heavy (non-hydrogen) atoms. The van der Waals surface area contributed by atoms with Gasteiger partial charge in [-0.2, -0.15) is 0 Å². The normalized spacial score (nSPS) is 15.3. The Morgan fingerprint density at radius 1 is 0.822 bits per heavy atom. The molecule has 0 aliphatic heterocycles. The zero-order valence-corrected chi connectivity index (χ0v) is 28.1. The van der Waals surface area contributed by atoms with E-state index in [0.29, 0.717) is 32.2 Å². The van der Waals surface area contributed by atoms with Crippen LogP contribution in [0.25, 0.3) is 0 Å². The molecule has 0 saturated carbocycles. The molecule has 12 nitrogen and oxygen atoms in total. The Kier molecular flexibility index (Phi) is 17.2. The summed E-state index contributed by atoms with van der Waals surface area (Å²) in [6.45, 7) is 15.2. The summed E-state index contributed by atoms with van der Waals surface area (Å²) >= 11 is 0. The molecule has 0 radical (unpaired) electrons. The predicted octanol–water partition coefficient (Wildman–Crippen LogP) is 2.38. The minimum absolute atomic E-state index is 0.0633. The van der Waals surface area contributed by atoms with Crippen LogP contribution in [-0.4, -0.2) is 76.6 Å². The molecule has 12 heteroatoms. The highest BCUT2D eigenvalue weighted by atomic mass is 16.3. The van der Waals surface area contributed by atoms with Gasteiger partial charge in [0.1, 0.15) is 23.9 Å². The maximum absolute atomic E-state index is 13.5. The fraction of sp³-hybridized carbons (Fsp3) is 0.667. The fourth-order valence-corrected chi connectivity index (χ4v) is 4.88. The lowest BCUT2D eigenvalue weighted by molar-refractivity contribution is -0.133. The van der Waals surface area contributed by atoms with Gasteiger partial charge in [-0.15, -0.1) is 0 Å². The van der Waals surface area contributed by atoms with Crippen LogP contribution in [0.4, 0.5) is 0 Å². The van der Waals surface area contributed by atoms with Gasteiger partial charge in [0, 0.05) is 12.1 Å². The summed E-state index contributed by atoms with van der Waals surface area (Å²) in [5, 5.41) is 34.6. The largest absolute Gasteiger partial charge is 0.508 e. The first-order valence-corrected chi connectivity index (χ1v) is 16.1. The van der Waals surface area contributed by atoms with Crippen LogP contribution in [0.15, 0.2) is 24.3 Å². The fourth-order valence-electron chi connectivity index (χ4n) is 4.88. The van der Waals surface area contributed by atoms with Crippen molar-refractivity contribution in [2.24, 2.45) is 17.8 Å². The maximum atomic E-state index is 13.5. The van der Waals surface area contributed by atoms with Gasteiger partial charge < -0.3 is 36.8 Å². The minimum Gasteiger partial charge on any atom is -0.508 e. The molecule has 0 aromatic heterocycles. The lowest BCUT2D eigenvalue weighted by atomic mass is 9.95. The first-order valence-electron chi connectivity index (χ1n) is 16.1. The number of hydrogen-bond donors (Lipinski definition) is 7. The van der Waals surface area contributed by atoms with Gasteiger partial charge in [0.25, 0.3) is 5.91 Å². The third-order valence-electron chi connectivity index (χ3n) is 7.63. The van der Waals surface area contributed by atoms with Gasteiger partial charge >= 0.3 is 0 Å². The van der Waals surface area contributed by atoms with E-state index >= 15 is 0 Å². The molecule has 0 spiro atoms. The van der Waals surface area contributed by atoms with Crippen molar-refractivity contribution < 1.29 is 34.2 Å². The third-order valence-corrected chi connectivity index (χ3v) is 7.63. The predicted molar refractivity (Wildman–Crippen MR) is 173 cm³/mol. The number of carbonyl (C=O) groups is 5. The van der Waals surface area contributed by atoms with E-state index in [1.165, 1.54) is 24.3 Å². The van der Waals surface area contributed by atoms with Gasteiger partial charge in [-0.1, -0.05) is 67.4 Å². The Morgan fingerprint density at radius 3 is 2.02 bits per heavy atom. The van der Waals surface area contributed by atoms with E-state index < -0.39 is 53.9 Å². The Labute approximate surface area is 267 Å². The monoisotopic (exact) mass is 633 g/mol. The quantitative estimate of drug-likeness (QED) is 0.122. The third kappa shape index (κ3) is 13.5. The Hall–Kier alpha value is -3.67. The first kappa shape index (κ1) is 39.4. The molecule has 6 atom stereocenters. The van der Waals surface area contributed by atoms with Crippen LogP contribution in [-0.2, 0) is 19.2 Å². The van der Waals surface area contributed by atoms with Gasteiger partial charge in [-0.05, 0) is 55.7 Å². The number of amides is 5. The number of phenolic OH excluding ortho intramolecular Hbond substituents is 1. The molecule has 0 unspecified atom stereocenters. The van der Waals surface area contributed by atoms with E-state index in [1.54, 1.807) is 6.92 Å². The second-order valence-electron chi connectivity index (χ2n) is 12.4. The first-order chi connectivity index (χ1) is 21.1. The lowest BCUT2D eigenvalue weighted by Crippen LogP contribution is -2.58. The van der Waals surface area contributed by atoms with Gasteiger partial charge in [-0.3, -0.25) is 24.0 Å². The molecular weight excluding hydrogens is 578 g/mol. The lowest BCUT2D eigenvalue weighted by Gasteiger charge is -2.30. The number of carbonyl (C=O) groups excluding carboxylic acids is 5. The molecule has 0 fully saturated rings. The summed E-state index contributed by atoms with van der Waals surface area (Å²) < 4.78 is 0. The summed E-state index contributed by atoms with van der Waals surface area (Å²) in [5.41, 5.74) is 0.194. The topological polar surface area (TPSA) is 186 Å². The second-order valence-corrected chi connectivity index (χ2v) is 12.4. The van der Waals surface area contributed by atoms with E-state index in [0.717, 1.165) is 0 Å².